The fourth-order valence-electron chi connectivity index (χ4n) is 5.26. The molecule has 0 aromatic heterocycles. The summed E-state index contributed by atoms with van der Waals surface area (Å²) in [4.78, 5) is 0. The zero-order valence-electron chi connectivity index (χ0n) is 12.8. The average Bonchev–Trinajstić information content (AvgIpc) is 3.06. The maximum absolute atomic E-state index is 2.52. The normalized spacial score (nSPS) is 30.0. The Morgan fingerprint density at radius 2 is 1.90 bits per heavy atom. The molecule has 0 N–H and O–H groups in total. The predicted octanol–water partition coefficient (Wildman–Crippen LogP) is 5.36. The molecule has 2 unspecified atom stereocenters. The molecular weight excluding hydrogens is 252 g/mol. The molecule has 2 aromatic carbocycles. The van der Waals surface area contributed by atoms with Gasteiger partial charge in [-0.05, 0) is 78.7 Å². The summed E-state index contributed by atoms with van der Waals surface area (Å²) in [6.07, 6.45) is 10.7. The molecule has 0 saturated heterocycles. The van der Waals surface area contributed by atoms with Crippen LogP contribution in [0.3, 0.4) is 0 Å². The van der Waals surface area contributed by atoms with Gasteiger partial charge in [0.15, 0.2) is 0 Å². The molecule has 5 rings (SSSR count). The number of hydrogen-bond donors (Lipinski definition) is 0. The van der Waals surface area contributed by atoms with Crippen LogP contribution in [0.2, 0.25) is 0 Å². The van der Waals surface area contributed by atoms with E-state index >= 15 is 0 Å². The number of allylic oxidation sites excluding steroid dienone is 2. The van der Waals surface area contributed by atoms with Gasteiger partial charge in [0.2, 0.25) is 0 Å². The summed E-state index contributed by atoms with van der Waals surface area (Å²) < 4.78 is 0. The zero-order valence-corrected chi connectivity index (χ0v) is 12.8. The molecule has 21 heavy (non-hydrogen) atoms. The largest absolute Gasteiger partial charge is 0.0850 e. The minimum absolute atomic E-state index is 0.620. The SMILES string of the molecule is Cc1ccc2cc3c(cc2c1)CCC1(CC2=CCC1C2)C3. The van der Waals surface area contributed by atoms with Crippen LogP contribution in [-0.4, -0.2) is 0 Å². The standard InChI is InChI=1S/C21H22/c1-14-2-4-16-11-19-13-21(12-15-3-5-20(21)9-15)7-6-17(19)10-18(16)8-14/h2-4,8,10-11,20H,5-7,9,12-13H2,1H3. The summed E-state index contributed by atoms with van der Waals surface area (Å²) in [7, 11) is 0. The van der Waals surface area contributed by atoms with Gasteiger partial charge in [-0.2, -0.15) is 0 Å². The van der Waals surface area contributed by atoms with Gasteiger partial charge < -0.3 is 0 Å². The fraction of sp³-hybridized carbons (Fsp3) is 0.429. The molecule has 106 valence electrons. The van der Waals surface area contributed by atoms with E-state index < -0.39 is 0 Å². The lowest BCUT2D eigenvalue weighted by atomic mass is 9.64. The Balaban J connectivity index is 1.60. The van der Waals surface area contributed by atoms with E-state index in [1.807, 2.05) is 0 Å². The van der Waals surface area contributed by atoms with Crippen LogP contribution in [0.25, 0.3) is 10.8 Å². The van der Waals surface area contributed by atoms with Gasteiger partial charge in [0.25, 0.3) is 0 Å². The summed E-state index contributed by atoms with van der Waals surface area (Å²) in [6.45, 7) is 2.19. The molecule has 2 bridgehead atoms. The first-order chi connectivity index (χ1) is 10.2. The second-order valence-corrected chi connectivity index (χ2v) is 7.69. The minimum Gasteiger partial charge on any atom is -0.0850 e. The quantitative estimate of drug-likeness (QED) is 0.567. The monoisotopic (exact) mass is 274 g/mol. The Morgan fingerprint density at radius 3 is 2.71 bits per heavy atom. The van der Waals surface area contributed by atoms with Gasteiger partial charge in [0, 0.05) is 0 Å². The number of benzene rings is 2. The highest BCUT2D eigenvalue weighted by molar-refractivity contribution is 5.85. The molecule has 3 aliphatic rings. The Morgan fingerprint density at radius 1 is 1.00 bits per heavy atom. The van der Waals surface area contributed by atoms with Crippen molar-refractivity contribution in [1.82, 2.24) is 0 Å². The first-order valence-electron chi connectivity index (χ1n) is 8.42. The van der Waals surface area contributed by atoms with E-state index in [0.29, 0.717) is 5.41 Å². The van der Waals surface area contributed by atoms with Crippen LogP contribution >= 0.6 is 0 Å². The lowest BCUT2D eigenvalue weighted by Gasteiger charge is -2.40. The number of hydrogen-bond acceptors (Lipinski definition) is 0. The van der Waals surface area contributed by atoms with Gasteiger partial charge in [0.1, 0.15) is 0 Å². The second-order valence-electron chi connectivity index (χ2n) is 7.69. The molecule has 0 heterocycles. The topological polar surface area (TPSA) is 0 Å². The average molecular weight is 274 g/mol. The summed E-state index contributed by atoms with van der Waals surface area (Å²) in [6, 6.07) is 11.8. The molecule has 2 atom stereocenters. The maximum Gasteiger partial charge on any atom is -0.0178 e. The van der Waals surface area contributed by atoms with Crippen LogP contribution in [0.15, 0.2) is 42.0 Å². The van der Waals surface area contributed by atoms with E-state index in [0.717, 1.165) is 5.92 Å². The fourth-order valence-corrected chi connectivity index (χ4v) is 5.26. The van der Waals surface area contributed by atoms with Crippen molar-refractivity contribution in [2.24, 2.45) is 11.3 Å². The molecule has 1 spiro atoms. The molecule has 0 heteroatoms. The lowest BCUT2D eigenvalue weighted by molar-refractivity contribution is 0.169. The predicted molar refractivity (Wildman–Crippen MR) is 88.6 cm³/mol. The lowest BCUT2D eigenvalue weighted by Crippen LogP contribution is -2.33. The van der Waals surface area contributed by atoms with Crippen molar-refractivity contribution >= 4 is 10.8 Å². The third-order valence-electron chi connectivity index (χ3n) is 6.39. The zero-order chi connectivity index (χ0) is 14.0. The van der Waals surface area contributed by atoms with Crippen molar-refractivity contribution < 1.29 is 0 Å². The third-order valence-corrected chi connectivity index (χ3v) is 6.39. The van der Waals surface area contributed by atoms with Crippen LogP contribution in [0.4, 0.5) is 0 Å². The van der Waals surface area contributed by atoms with Gasteiger partial charge in [0.05, 0.1) is 0 Å². The smallest absolute Gasteiger partial charge is 0.0178 e. The molecule has 0 radical (unpaired) electrons. The van der Waals surface area contributed by atoms with E-state index in [4.69, 9.17) is 0 Å². The highest BCUT2D eigenvalue weighted by Crippen LogP contribution is 2.58. The minimum atomic E-state index is 0.620. The number of fused-ring (bicyclic) bond motifs is 5. The van der Waals surface area contributed by atoms with Crippen molar-refractivity contribution in [2.75, 3.05) is 0 Å². The van der Waals surface area contributed by atoms with E-state index in [-0.39, 0.29) is 0 Å². The molecule has 1 fully saturated rings. The van der Waals surface area contributed by atoms with Gasteiger partial charge in [-0.3, -0.25) is 0 Å². The Labute approximate surface area is 126 Å². The van der Waals surface area contributed by atoms with Gasteiger partial charge >= 0.3 is 0 Å². The molecule has 2 aromatic rings. The first kappa shape index (κ1) is 12.0. The molecule has 3 aliphatic carbocycles. The van der Waals surface area contributed by atoms with Gasteiger partial charge in [-0.1, -0.05) is 47.5 Å². The number of rotatable bonds is 0. The molecule has 0 amide bonds. The van der Waals surface area contributed by atoms with Crippen LogP contribution < -0.4 is 0 Å². The van der Waals surface area contributed by atoms with Crippen LogP contribution in [0, 0.1) is 18.3 Å². The van der Waals surface area contributed by atoms with Crippen molar-refractivity contribution in [3.63, 3.8) is 0 Å². The van der Waals surface area contributed by atoms with E-state index in [2.05, 4.69) is 43.3 Å². The maximum atomic E-state index is 2.52. The van der Waals surface area contributed by atoms with Gasteiger partial charge in [-0.25, -0.2) is 0 Å². The summed E-state index contributed by atoms with van der Waals surface area (Å²) in [5.74, 6) is 0.953. The second kappa shape index (κ2) is 4.00. The Bertz CT molecular complexity index is 780. The summed E-state index contributed by atoms with van der Waals surface area (Å²) in [5.41, 5.74) is 7.02. The third kappa shape index (κ3) is 1.68. The molecule has 0 nitrogen and oxygen atoms in total. The Hall–Kier alpha value is -1.56. The van der Waals surface area contributed by atoms with Crippen molar-refractivity contribution in [3.8, 4) is 0 Å². The van der Waals surface area contributed by atoms with E-state index in [1.54, 1.807) is 16.7 Å². The van der Waals surface area contributed by atoms with Gasteiger partial charge in [-0.15, -0.1) is 0 Å². The molecule has 0 aliphatic heterocycles. The van der Waals surface area contributed by atoms with Crippen LogP contribution in [-0.2, 0) is 12.8 Å². The molecular formula is C21H22. The van der Waals surface area contributed by atoms with Crippen molar-refractivity contribution in [1.29, 1.82) is 0 Å². The van der Waals surface area contributed by atoms with E-state index in [9.17, 15) is 0 Å². The highest BCUT2D eigenvalue weighted by atomic mass is 14.5. The summed E-state index contributed by atoms with van der Waals surface area (Å²) >= 11 is 0. The Kier molecular flexibility index (Phi) is 2.29. The van der Waals surface area contributed by atoms with Crippen LogP contribution in [0.1, 0.15) is 42.4 Å². The first-order valence-corrected chi connectivity index (χ1v) is 8.42. The number of aryl methyl sites for hydroxylation is 2. The van der Waals surface area contributed by atoms with E-state index in [1.165, 1.54) is 54.9 Å². The van der Waals surface area contributed by atoms with Crippen LogP contribution in [0.5, 0.6) is 0 Å². The highest BCUT2D eigenvalue weighted by Gasteiger charge is 2.48. The van der Waals surface area contributed by atoms with Crippen molar-refractivity contribution in [3.05, 3.63) is 58.7 Å². The summed E-state index contributed by atoms with van der Waals surface area (Å²) in [5, 5.41) is 2.86. The van der Waals surface area contributed by atoms with Crippen molar-refractivity contribution in [2.45, 2.75) is 45.4 Å². The molecule has 1 saturated carbocycles.